The van der Waals surface area contributed by atoms with E-state index < -0.39 is 0 Å². The lowest BCUT2D eigenvalue weighted by Gasteiger charge is -2.60. The zero-order chi connectivity index (χ0) is 23.7. The third-order valence-corrected chi connectivity index (χ3v) is 9.88. The molecular weight excluding hydrogens is 396 g/mol. The lowest BCUT2D eigenvalue weighted by atomic mass is 9.47. The van der Waals surface area contributed by atoms with Crippen molar-refractivity contribution in [2.24, 2.45) is 39.9 Å². The van der Waals surface area contributed by atoms with Crippen LogP contribution in [0.4, 0.5) is 0 Å². The highest BCUT2D eigenvalue weighted by molar-refractivity contribution is 5.89. The Hall–Kier alpha value is -1.32. The molecule has 4 nitrogen and oxygen atoms in total. The minimum absolute atomic E-state index is 0.0714. The normalized spacial score (nSPS) is 41.7. The van der Waals surface area contributed by atoms with Gasteiger partial charge < -0.3 is 10.2 Å². The highest BCUT2D eigenvalue weighted by atomic mass is 16.2. The Morgan fingerprint density at radius 3 is 2.41 bits per heavy atom. The summed E-state index contributed by atoms with van der Waals surface area (Å²) in [4.78, 5) is 27.9. The topological polar surface area (TPSA) is 49.4 Å². The first-order valence-electron chi connectivity index (χ1n) is 13.0. The van der Waals surface area contributed by atoms with Crippen LogP contribution in [0, 0.1) is 39.9 Å². The first-order valence-corrected chi connectivity index (χ1v) is 13.0. The molecule has 0 bridgehead atoms. The van der Waals surface area contributed by atoms with E-state index in [2.05, 4.69) is 59.9 Å². The van der Waals surface area contributed by atoms with Gasteiger partial charge in [0.1, 0.15) is 0 Å². The summed E-state index contributed by atoms with van der Waals surface area (Å²) >= 11 is 0. The van der Waals surface area contributed by atoms with Gasteiger partial charge in [0, 0.05) is 30.0 Å². The number of nitrogens with one attached hydrogen (secondary N) is 1. The Bertz CT molecular complexity index is 809. The maximum Gasteiger partial charge on any atom is 0.246 e. The molecule has 0 aromatic carbocycles. The van der Waals surface area contributed by atoms with Crippen molar-refractivity contribution in [2.45, 2.75) is 105 Å². The zero-order valence-electron chi connectivity index (χ0n) is 21.8. The number of nitrogens with zero attached hydrogens (tertiary/aromatic N) is 1. The molecule has 0 spiro atoms. The number of hydrogen-bond acceptors (Lipinski definition) is 2. The van der Waals surface area contributed by atoms with Gasteiger partial charge in [0.15, 0.2) is 0 Å². The number of rotatable bonds is 3. The second-order valence-corrected chi connectivity index (χ2v) is 13.9. The number of fused-ring (bicyclic) bond motifs is 5. The Kier molecular flexibility index (Phi) is 5.66. The maximum absolute atomic E-state index is 13.6. The van der Waals surface area contributed by atoms with Gasteiger partial charge in [-0.1, -0.05) is 40.7 Å². The van der Waals surface area contributed by atoms with Crippen LogP contribution in [0.1, 0.15) is 93.4 Å². The van der Waals surface area contributed by atoms with Gasteiger partial charge in [-0.3, -0.25) is 9.59 Å². The summed E-state index contributed by atoms with van der Waals surface area (Å²) in [5.41, 5.74) is 0.179. The Morgan fingerprint density at radius 1 is 1.06 bits per heavy atom. The van der Waals surface area contributed by atoms with E-state index in [4.69, 9.17) is 0 Å². The van der Waals surface area contributed by atoms with Gasteiger partial charge in [0.25, 0.3) is 0 Å². The zero-order valence-corrected chi connectivity index (χ0v) is 21.8. The number of carbonyl (C=O) groups excluding carboxylic acids is 2. The summed E-state index contributed by atoms with van der Waals surface area (Å²) < 4.78 is 0. The Balaban J connectivity index is 1.53. The average molecular weight is 443 g/mol. The summed E-state index contributed by atoms with van der Waals surface area (Å²) in [6, 6.07) is 0.323. The van der Waals surface area contributed by atoms with E-state index in [1.807, 2.05) is 18.0 Å². The molecule has 4 rings (SSSR count). The van der Waals surface area contributed by atoms with Crippen LogP contribution in [0.15, 0.2) is 12.2 Å². The summed E-state index contributed by atoms with van der Waals surface area (Å²) in [6.45, 7) is 15.9. The summed E-state index contributed by atoms with van der Waals surface area (Å²) in [5.74, 6) is 2.47. The molecule has 7 atom stereocenters. The van der Waals surface area contributed by atoms with E-state index in [0.29, 0.717) is 23.8 Å². The molecule has 0 unspecified atom stereocenters. The van der Waals surface area contributed by atoms with Crippen molar-refractivity contribution in [3.8, 4) is 0 Å². The predicted molar refractivity (Wildman–Crippen MR) is 130 cm³/mol. The fraction of sp³-hybridized carbons (Fsp3) is 0.857. The van der Waals surface area contributed by atoms with Crippen molar-refractivity contribution in [3.63, 3.8) is 0 Å². The van der Waals surface area contributed by atoms with E-state index in [1.165, 1.54) is 19.3 Å². The highest BCUT2D eigenvalue weighted by Gasteiger charge is 2.61. The van der Waals surface area contributed by atoms with E-state index in [-0.39, 0.29) is 39.5 Å². The molecule has 1 aliphatic heterocycles. The molecule has 2 amide bonds. The number of likely N-dealkylation sites (N-methyl/N-ethyl adjacent to an activating group) is 1. The minimum atomic E-state index is -0.184. The van der Waals surface area contributed by atoms with E-state index in [0.717, 1.165) is 25.7 Å². The quantitative estimate of drug-likeness (QED) is 0.621. The SMILES string of the molecule is CN1C(=O)C=C[C@]2(C)[C@H]3CC[C@]4(C)[C@@H](C(=O)NC(C)(C)CC(C)(C)C)CC[C@H]4[C@@H]3CC[C@@H]12. The van der Waals surface area contributed by atoms with Gasteiger partial charge in [-0.25, -0.2) is 0 Å². The Morgan fingerprint density at radius 2 is 1.75 bits per heavy atom. The third kappa shape index (κ3) is 3.84. The van der Waals surface area contributed by atoms with Crippen LogP contribution in [0.3, 0.4) is 0 Å². The first kappa shape index (κ1) is 23.8. The lowest BCUT2D eigenvalue weighted by molar-refractivity contribution is -0.143. The fourth-order valence-electron chi connectivity index (χ4n) is 8.96. The highest BCUT2D eigenvalue weighted by Crippen LogP contribution is 2.65. The van der Waals surface area contributed by atoms with Gasteiger partial charge in [-0.15, -0.1) is 0 Å². The van der Waals surface area contributed by atoms with Gasteiger partial charge in [-0.2, -0.15) is 0 Å². The van der Waals surface area contributed by atoms with Crippen molar-refractivity contribution in [1.29, 1.82) is 0 Å². The standard InChI is InChI=1S/C28H46N2O2/c1-25(2,3)17-26(4,5)29-24(32)21-11-10-19-18-9-12-22-28(7,16-14-23(31)30(22)8)20(18)13-15-27(19,21)6/h14,16,18-22H,9-13,15,17H2,1-8H3,(H,29,32)/t18-,19-,20-,21+,22+,27-,28+/m0/s1. The van der Waals surface area contributed by atoms with Crippen molar-refractivity contribution in [1.82, 2.24) is 10.2 Å². The molecule has 3 aliphatic carbocycles. The van der Waals surface area contributed by atoms with Crippen molar-refractivity contribution < 1.29 is 9.59 Å². The van der Waals surface area contributed by atoms with Crippen LogP contribution >= 0.6 is 0 Å². The largest absolute Gasteiger partial charge is 0.351 e. The second kappa shape index (κ2) is 7.60. The van der Waals surface area contributed by atoms with Crippen LogP contribution < -0.4 is 5.32 Å². The first-order chi connectivity index (χ1) is 14.7. The van der Waals surface area contributed by atoms with Crippen LogP contribution in [-0.4, -0.2) is 35.3 Å². The van der Waals surface area contributed by atoms with Gasteiger partial charge >= 0.3 is 0 Å². The minimum Gasteiger partial charge on any atom is -0.351 e. The monoisotopic (exact) mass is 442 g/mol. The second-order valence-electron chi connectivity index (χ2n) is 13.9. The van der Waals surface area contributed by atoms with Crippen LogP contribution in [0.25, 0.3) is 0 Å². The Labute approximate surface area is 196 Å². The summed E-state index contributed by atoms with van der Waals surface area (Å²) in [5, 5.41) is 3.45. The molecule has 1 heterocycles. The van der Waals surface area contributed by atoms with E-state index in [9.17, 15) is 9.59 Å². The average Bonchev–Trinajstić information content (AvgIpc) is 3.00. The molecular formula is C28H46N2O2. The molecule has 180 valence electrons. The lowest BCUT2D eigenvalue weighted by Crippen LogP contribution is -2.60. The molecule has 4 heteroatoms. The van der Waals surface area contributed by atoms with E-state index >= 15 is 0 Å². The van der Waals surface area contributed by atoms with Gasteiger partial charge in [-0.05, 0) is 93.5 Å². The van der Waals surface area contributed by atoms with E-state index in [1.54, 1.807) is 0 Å². The van der Waals surface area contributed by atoms with Crippen molar-refractivity contribution in [2.75, 3.05) is 7.05 Å². The van der Waals surface area contributed by atoms with Crippen molar-refractivity contribution >= 4 is 11.8 Å². The fourth-order valence-corrected chi connectivity index (χ4v) is 8.96. The molecule has 32 heavy (non-hydrogen) atoms. The maximum atomic E-state index is 13.6. The smallest absolute Gasteiger partial charge is 0.246 e. The molecule has 3 saturated carbocycles. The van der Waals surface area contributed by atoms with Crippen LogP contribution in [0.2, 0.25) is 0 Å². The van der Waals surface area contributed by atoms with Gasteiger partial charge in [0.2, 0.25) is 11.8 Å². The molecule has 1 N–H and O–H groups in total. The molecule has 4 aliphatic rings. The van der Waals surface area contributed by atoms with Crippen LogP contribution in [-0.2, 0) is 9.59 Å². The molecule has 0 saturated heterocycles. The third-order valence-electron chi connectivity index (χ3n) is 9.88. The number of carbonyl (C=O) groups is 2. The summed E-state index contributed by atoms with van der Waals surface area (Å²) in [7, 11) is 1.98. The molecule has 3 fully saturated rings. The number of hydrogen-bond donors (Lipinski definition) is 1. The van der Waals surface area contributed by atoms with Crippen LogP contribution in [0.5, 0.6) is 0 Å². The predicted octanol–water partition coefficient (Wildman–Crippen LogP) is 5.57. The van der Waals surface area contributed by atoms with Gasteiger partial charge in [0.05, 0.1) is 0 Å². The molecule has 0 aromatic heterocycles. The summed E-state index contributed by atoms with van der Waals surface area (Å²) in [6.07, 6.45) is 11.8. The van der Waals surface area contributed by atoms with Crippen molar-refractivity contribution in [3.05, 3.63) is 12.2 Å². The molecule has 0 radical (unpaired) electrons. The number of amides is 2. The molecule has 0 aromatic rings.